The van der Waals surface area contributed by atoms with Crippen LogP contribution in [-0.2, 0) is 11.3 Å². The highest BCUT2D eigenvalue weighted by Crippen LogP contribution is 2.27. The number of aliphatic hydroxyl groups excluding tert-OH is 1. The maximum Gasteiger partial charge on any atom is 0.448 e. The molecule has 7 nitrogen and oxygen atoms in total. The van der Waals surface area contributed by atoms with Crippen LogP contribution >= 0.6 is 0 Å². The average Bonchev–Trinajstić information content (AvgIpc) is 3.31. The number of halogens is 3. The third-order valence-corrected chi connectivity index (χ3v) is 6.57. The van der Waals surface area contributed by atoms with Crippen molar-refractivity contribution in [2.75, 3.05) is 26.2 Å². The molecule has 0 unspecified atom stereocenters. The minimum atomic E-state index is -4.64. The standard InChI is InChI=1S/C27H26N4O2.C3H3F3O.H2/c1-20(32)29-15-17-30(18-16-29)27(33)23-13-11-22(12-14-23)26-28-24-9-5-6-10-25(24)31(26)19-21-7-3-2-4-8-21;1-2(7)3(4,5)6;/h2-14H,15-19H2,1H3;7H,1H2;1H. The van der Waals surface area contributed by atoms with Gasteiger partial charge in [0.15, 0.2) is 5.76 Å². The summed E-state index contributed by atoms with van der Waals surface area (Å²) < 4.78 is 34.7. The number of aliphatic hydroxyl groups is 1. The van der Waals surface area contributed by atoms with Crippen LogP contribution in [0.3, 0.4) is 0 Å². The minimum absolute atomic E-state index is 0. The maximum absolute atomic E-state index is 13.0. The van der Waals surface area contributed by atoms with Crippen LogP contribution in [0, 0.1) is 0 Å². The molecule has 10 heteroatoms. The Morgan fingerprint density at radius 2 is 1.45 bits per heavy atom. The van der Waals surface area contributed by atoms with Gasteiger partial charge in [-0.05, 0) is 29.8 Å². The van der Waals surface area contributed by atoms with Crippen LogP contribution in [0.1, 0.15) is 24.3 Å². The summed E-state index contributed by atoms with van der Waals surface area (Å²) in [6, 6.07) is 26.2. The van der Waals surface area contributed by atoms with Gasteiger partial charge in [0, 0.05) is 52.2 Å². The van der Waals surface area contributed by atoms with Gasteiger partial charge in [-0.15, -0.1) is 0 Å². The van der Waals surface area contributed by atoms with Crippen molar-refractivity contribution in [2.45, 2.75) is 19.6 Å². The fraction of sp³-hybridized carbons (Fsp3) is 0.233. The topological polar surface area (TPSA) is 78.7 Å². The highest BCUT2D eigenvalue weighted by Gasteiger charge is 2.31. The molecule has 0 radical (unpaired) electrons. The van der Waals surface area contributed by atoms with Crippen LogP contribution in [0.2, 0.25) is 0 Å². The monoisotopic (exact) mass is 552 g/mol. The van der Waals surface area contributed by atoms with Crippen molar-refractivity contribution in [3.63, 3.8) is 0 Å². The third-order valence-electron chi connectivity index (χ3n) is 6.57. The molecule has 210 valence electrons. The SMILES string of the molecule is C=C(O)C(F)(F)F.CC(=O)N1CCN(C(=O)c2ccc(-c3nc4ccccc4n3Cc3ccccc3)cc2)CC1.[HH]. The Labute approximate surface area is 231 Å². The zero-order valence-corrected chi connectivity index (χ0v) is 21.9. The predicted molar refractivity (Wildman–Crippen MR) is 149 cm³/mol. The Morgan fingerprint density at radius 1 is 0.900 bits per heavy atom. The molecule has 1 fully saturated rings. The van der Waals surface area contributed by atoms with Crippen LogP contribution < -0.4 is 0 Å². The zero-order chi connectivity index (χ0) is 28.9. The van der Waals surface area contributed by atoms with Crippen molar-refractivity contribution in [1.82, 2.24) is 19.4 Å². The number of aromatic nitrogens is 2. The first-order chi connectivity index (χ1) is 19.0. The van der Waals surface area contributed by atoms with Crippen molar-refractivity contribution in [2.24, 2.45) is 0 Å². The van der Waals surface area contributed by atoms with Crippen LogP contribution in [-0.4, -0.2) is 68.6 Å². The molecule has 2 heterocycles. The highest BCUT2D eigenvalue weighted by atomic mass is 19.4. The van der Waals surface area contributed by atoms with E-state index >= 15 is 0 Å². The summed E-state index contributed by atoms with van der Waals surface area (Å²) in [7, 11) is 0. The molecule has 0 aliphatic carbocycles. The fourth-order valence-corrected chi connectivity index (χ4v) is 4.39. The molecule has 1 aromatic heterocycles. The maximum atomic E-state index is 13.0. The van der Waals surface area contributed by atoms with Gasteiger partial charge in [-0.2, -0.15) is 13.2 Å². The van der Waals surface area contributed by atoms with Crippen LogP contribution in [0.5, 0.6) is 0 Å². The van der Waals surface area contributed by atoms with E-state index < -0.39 is 11.9 Å². The lowest BCUT2D eigenvalue weighted by Crippen LogP contribution is -2.50. The molecular formula is C30H31F3N4O3. The van der Waals surface area contributed by atoms with Gasteiger partial charge in [0.2, 0.25) is 5.91 Å². The fourth-order valence-electron chi connectivity index (χ4n) is 4.39. The van der Waals surface area contributed by atoms with E-state index in [-0.39, 0.29) is 13.2 Å². The van der Waals surface area contributed by atoms with E-state index in [4.69, 9.17) is 10.1 Å². The second kappa shape index (κ2) is 12.1. The zero-order valence-electron chi connectivity index (χ0n) is 21.9. The van der Waals surface area contributed by atoms with Gasteiger partial charge in [0.25, 0.3) is 5.91 Å². The number of allylic oxidation sites excluding steroid dienone is 1. The highest BCUT2D eigenvalue weighted by molar-refractivity contribution is 5.95. The molecule has 1 N–H and O–H groups in total. The average molecular weight is 553 g/mol. The van der Waals surface area contributed by atoms with E-state index in [2.05, 4.69) is 29.3 Å². The van der Waals surface area contributed by atoms with Crippen molar-refractivity contribution in [3.05, 3.63) is 102 Å². The molecule has 0 saturated carbocycles. The number of piperazine rings is 1. The molecule has 0 spiro atoms. The number of alkyl halides is 3. The third kappa shape index (κ3) is 6.69. The first-order valence-corrected chi connectivity index (χ1v) is 12.6. The summed E-state index contributed by atoms with van der Waals surface area (Å²) in [4.78, 5) is 33.0. The summed E-state index contributed by atoms with van der Waals surface area (Å²) >= 11 is 0. The lowest BCUT2D eigenvalue weighted by atomic mass is 10.1. The van der Waals surface area contributed by atoms with E-state index in [9.17, 15) is 22.8 Å². The molecule has 5 rings (SSSR count). The lowest BCUT2D eigenvalue weighted by molar-refractivity contribution is -0.130. The van der Waals surface area contributed by atoms with Crippen molar-refractivity contribution in [3.8, 4) is 11.4 Å². The molecule has 1 aliphatic rings. The van der Waals surface area contributed by atoms with Crippen LogP contribution in [0.15, 0.2) is 91.2 Å². The van der Waals surface area contributed by atoms with E-state index in [0.717, 1.165) is 29.0 Å². The van der Waals surface area contributed by atoms with Gasteiger partial charge in [-0.3, -0.25) is 9.59 Å². The summed E-state index contributed by atoms with van der Waals surface area (Å²) in [5, 5.41) is 7.57. The molecule has 4 aromatic rings. The van der Waals surface area contributed by atoms with Crippen LogP contribution in [0.25, 0.3) is 22.4 Å². The van der Waals surface area contributed by atoms with Gasteiger partial charge < -0.3 is 19.5 Å². The van der Waals surface area contributed by atoms with Gasteiger partial charge in [-0.25, -0.2) is 4.98 Å². The van der Waals surface area contributed by atoms with Crippen molar-refractivity contribution < 1.29 is 29.3 Å². The predicted octanol–water partition coefficient (Wildman–Crippen LogP) is 5.92. The smallest absolute Gasteiger partial charge is 0.448 e. The molecule has 0 bridgehead atoms. The second-order valence-electron chi connectivity index (χ2n) is 9.32. The summed E-state index contributed by atoms with van der Waals surface area (Å²) in [5.74, 6) is -0.811. The Hall–Kier alpha value is -4.60. The number of para-hydroxylation sites is 2. The molecule has 2 amide bonds. The first-order valence-electron chi connectivity index (χ1n) is 12.6. The molecule has 40 heavy (non-hydrogen) atoms. The number of nitrogens with zero attached hydrogens (tertiary/aromatic N) is 4. The van der Waals surface area contributed by atoms with Crippen molar-refractivity contribution >= 4 is 22.8 Å². The number of fused-ring (bicyclic) bond motifs is 1. The van der Waals surface area contributed by atoms with Gasteiger partial charge in [0.05, 0.1) is 11.0 Å². The number of benzene rings is 3. The molecule has 0 atom stereocenters. The number of hydrogen-bond acceptors (Lipinski definition) is 4. The minimum Gasteiger partial charge on any atom is -0.505 e. The summed E-state index contributed by atoms with van der Waals surface area (Å²) in [5.41, 5.74) is 4.87. The Bertz CT molecular complexity index is 1500. The van der Waals surface area contributed by atoms with Crippen LogP contribution in [0.4, 0.5) is 13.2 Å². The number of hydrogen-bond donors (Lipinski definition) is 1. The van der Waals surface area contributed by atoms with Gasteiger partial charge >= 0.3 is 6.18 Å². The van der Waals surface area contributed by atoms with E-state index in [1.54, 1.807) is 11.8 Å². The van der Waals surface area contributed by atoms with Gasteiger partial charge in [-0.1, -0.05) is 61.2 Å². The number of amides is 2. The summed E-state index contributed by atoms with van der Waals surface area (Å²) in [6.07, 6.45) is -4.64. The first kappa shape index (κ1) is 28.4. The van der Waals surface area contributed by atoms with E-state index in [1.807, 2.05) is 65.6 Å². The summed E-state index contributed by atoms with van der Waals surface area (Å²) in [6.45, 7) is 6.84. The van der Waals surface area contributed by atoms with Crippen molar-refractivity contribution in [1.29, 1.82) is 0 Å². The Balaban J connectivity index is 0.000000516. The molecule has 1 aliphatic heterocycles. The number of carbonyl (C=O) groups excluding carboxylic acids is 2. The molecule has 1 saturated heterocycles. The second-order valence-corrected chi connectivity index (χ2v) is 9.32. The largest absolute Gasteiger partial charge is 0.505 e. The van der Waals surface area contributed by atoms with Gasteiger partial charge in [0.1, 0.15) is 5.82 Å². The number of carbonyl (C=O) groups is 2. The quantitative estimate of drug-likeness (QED) is 0.319. The number of rotatable bonds is 4. The number of imidazole rings is 1. The lowest BCUT2D eigenvalue weighted by Gasteiger charge is -2.34. The normalized spacial score (nSPS) is 13.5. The molecular weight excluding hydrogens is 521 g/mol. The Morgan fingerprint density at radius 3 is 2.02 bits per heavy atom. The van der Waals surface area contributed by atoms with E-state index in [1.165, 1.54) is 5.56 Å². The Kier molecular flexibility index (Phi) is 8.57. The molecule has 3 aromatic carbocycles. The van der Waals surface area contributed by atoms with E-state index in [0.29, 0.717) is 31.7 Å².